The van der Waals surface area contributed by atoms with Crippen LogP contribution in [0.3, 0.4) is 0 Å². The smallest absolute Gasteiger partial charge is 0.290 e. The summed E-state index contributed by atoms with van der Waals surface area (Å²) in [6.45, 7) is 11.2. The average Bonchev–Trinajstić information content (AvgIpc) is 3.32. The number of hydrogen-bond donors (Lipinski definition) is 1. The van der Waals surface area contributed by atoms with Gasteiger partial charge in [0.1, 0.15) is 41.0 Å². The van der Waals surface area contributed by atoms with E-state index in [-0.39, 0.29) is 40.6 Å². The molecule has 8 heterocycles. The highest BCUT2D eigenvalue weighted by Crippen LogP contribution is 2.34. The lowest BCUT2D eigenvalue weighted by Gasteiger charge is -2.32. The summed E-state index contributed by atoms with van der Waals surface area (Å²) in [7, 11) is 0. The summed E-state index contributed by atoms with van der Waals surface area (Å²) in [6.07, 6.45) is 13.1. The van der Waals surface area contributed by atoms with E-state index in [1.54, 1.807) is 36.1 Å². The number of nitrogens with zero attached hydrogens (tertiary/aromatic N) is 10. The molecule has 1 atom stereocenters. The Morgan fingerprint density at radius 1 is 0.698 bits per heavy atom. The molecule has 2 aliphatic heterocycles. The maximum atomic E-state index is 14.0. The number of carbonyl (C=O) groups excluding carboxylic acids is 2. The van der Waals surface area contributed by atoms with Crippen LogP contribution >= 0.6 is 0 Å². The third-order valence-electron chi connectivity index (χ3n) is 13.4. The molecule has 2 saturated heterocycles. The molecule has 0 bridgehead atoms. The number of aryl methyl sites for hydroxylation is 3. The first-order valence-electron chi connectivity index (χ1n) is 21.8. The fraction of sp³-hybridized carbons (Fsp3) is 0.327. The maximum absolute atomic E-state index is 14.0. The number of hydrogen-bond acceptors (Lipinski definition) is 10. The lowest BCUT2D eigenvalue weighted by molar-refractivity contribution is -0.681. The lowest BCUT2D eigenvalue weighted by atomic mass is 9.90. The minimum absolute atomic E-state index is 0.00633. The minimum atomic E-state index is -0.278. The second-order valence-electron chi connectivity index (χ2n) is 17.3. The van der Waals surface area contributed by atoms with Crippen LogP contribution in [0.5, 0.6) is 0 Å². The fourth-order valence-electron chi connectivity index (χ4n) is 9.53. The number of aromatic nitrogens is 9. The summed E-state index contributed by atoms with van der Waals surface area (Å²) in [5.41, 5.74) is 11.4. The Morgan fingerprint density at radius 3 is 2.13 bits per heavy atom. The molecule has 2 fully saturated rings. The van der Waals surface area contributed by atoms with Gasteiger partial charge < -0.3 is 9.80 Å². The molecular formula is C49H48N11O3+. The monoisotopic (exact) mass is 838 g/mol. The Labute approximate surface area is 363 Å². The van der Waals surface area contributed by atoms with Crippen LogP contribution in [0.25, 0.3) is 44.0 Å². The largest absolute Gasteiger partial charge is 0.339 e. The van der Waals surface area contributed by atoms with Gasteiger partial charge in [-0.05, 0) is 112 Å². The zero-order valence-corrected chi connectivity index (χ0v) is 35.9. The summed E-state index contributed by atoms with van der Waals surface area (Å²) in [5.74, 6) is 0.0966. The van der Waals surface area contributed by atoms with Gasteiger partial charge in [-0.15, -0.1) is 0 Å². The van der Waals surface area contributed by atoms with E-state index in [0.717, 1.165) is 75.8 Å². The molecule has 0 aliphatic carbocycles. The number of likely N-dealkylation sites (tertiary alicyclic amines) is 2. The third-order valence-corrected chi connectivity index (χ3v) is 13.4. The van der Waals surface area contributed by atoms with Crippen molar-refractivity contribution in [1.29, 1.82) is 0 Å². The van der Waals surface area contributed by atoms with Crippen LogP contribution in [-0.2, 0) is 6.54 Å². The van der Waals surface area contributed by atoms with Crippen molar-refractivity contribution >= 4 is 55.8 Å². The SMILES string of the molecule is Cc1cc2ncnc(C3CCN(C(=O)c4c[nH]c5c(ccc(C)[n+]5CC(C)c5cnc6c(C7CCN(C(=O)c8ccc9nccnc9c8)CC7)ncnc6c5)c4=O)CC3)c2cc1C. The van der Waals surface area contributed by atoms with E-state index in [2.05, 4.69) is 68.5 Å². The number of nitrogens with one attached hydrogen (secondary N) is 1. The van der Waals surface area contributed by atoms with E-state index in [1.165, 1.54) is 11.1 Å². The van der Waals surface area contributed by atoms with Crippen molar-refractivity contribution < 1.29 is 14.2 Å². The second kappa shape index (κ2) is 16.3. The molecule has 1 unspecified atom stereocenters. The molecule has 63 heavy (non-hydrogen) atoms. The van der Waals surface area contributed by atoms with Gasteiger partial charge in [-0.1, -0.05) is 6.92 Å². The highest BCUT2D eigenvalue weighted by Gasteiger charge is 2.31. The zero-order chi connectivity index (χ0) is 43.4. The van der Waals surface area contributed by atoms with Crippen LogP contribution in [0.4, 0.5) is 0 Å². The van der Waals surface area contributed by atoms with Gasteiger partial charge in [0.25, 0.3) is 17.5 Å². The van der Waals surface area contributed by atoms with Gasteiger partial charge in [0.15, 0.2) is 0 Å². The summed E-state index contributed by atoms with van der Waals surface area (Å²) < 4.78 is 2.10. The Kier molecular flexibility index (Phi) is 10.4. The van der Waals surface area contributed by atoms with Crippen LogP contribution in [0.1, 0.15) is 105 Å². The predicted octanol–water partition coefficient (Wildman–Crippen LogP) is 6.81. The number of aromatic amines is 1. The molecule has 6 aromatic heterocycles. The van der Waals surface area contributed by atoms with Crippen molar-refractivity contribution in [3.05, 3.63) is 141 Å². The second-order valence-corrected chi connectivity index (χ2v) is 17.3. The van der Waals surface area contributed by atoms with Crippen molar-refractivity contribution in [2.24, 2.45) is 0 Å². The van der Waals surface area contributed by atoms with E-state index in [0.29, 0.717) is 54.8 Å². The van der Waals surface area contributed by atoms with E-state index >= 15 is 0 Å². The van der Waals surface area contributed by atoms with Crippen molar-refractivity contribution in [2.75, 3.05) is 26.2 Å². The highest BCUT2D eigenvalue weighted by atomic mass is 16.2. The number of carbonyl (C=O) groups is 2. The van der Waals surface area contributed by atoms with E-state index in [1.807, 2.05) is 48.4 Å². The average molecular weight is 839 g/mol. The molecule has 14 heteroatoms. The number of H-pyrrole nitrogens is 1. The van der Waals surface area contributed by atoms with Crippen LogP contribution in [0.15, 0.2) is 90.8 Å². The number of pyridine rings is 3. The lowest BCUT2D eigenvalue weighted by Crippen LogP contribution is -2.43. The first kappa shape index (κ1) is 40.0. The van der Waals surface area contributed by atoms with Crippen LogP contribution in [0.2, 0.25) is 0 Å². The number of piperidine rings is 2. The number of fused-ring (bicyclic) bond motifs is 4. The molecule has 10 rings (SSSR count). The van der Waals surface area contributed by atoms with Crippen molar-refractivity contribution in [1.82, 2.24) is 49.7 Å². The standard InChI is InChI=1S/C49H47N11O3/c1-28-19-37-40(20-29(28)2)54-26-56-43(37)32-9-17-59(18-10-32)49(63)38-24-53-47-36(46(38)61)7-5-31(4)60(47)25-30(3)35-22-42-45(52-23-35)44(57-27-55-42)33-11-15-58(16-12-33)48(62)34-6-8-39-41(21-34)51-14-13-50-39/h5-8,13-14,19-24,26-27,30,32-33H,9-12,15-18,25H2,1-4H3/p+1. The number of benzene rings is 2. The van der Waals surface area contributed by atoms with Crippen LogP contribution in [0, 0.1) is 20.8 Å². The fourth-order valence-corrected chi connectivity index (χ4v) is 9.53. The van der Waals surface area contributed by atoms with Crippen LogP contribution in [-0.4, -0.2) is 87.7 Å². The van der Waals surface area contributed by atoms with Crippen molar-refractivity contribution in [3.8, 4) is 0 Å². The maximum Gasteiger partial charge on any atom is 0.290 e. The van der Waals surface area contributed by atoms with Gasteiger partial charge >= 0.3 is 0 Å². The Balaban J connectivity index is 0.820. The number of amides is 2. The summed E-state index contributed by atoms with van der Waals surface area (Å²) in [6, 6.07) is 15.6. The summed E-state index contributed by atoms with van der Waals surface area (Å²) in [5, 5.41) is 1.54. The first-order chi connectivity index (χ1) is 30.6. The first-order valence-corrected chi connectivity index (χ1v) is 21.8. The molecule has 8 aromatic rings. The minimum Gasteiger partial charge on any atom is -0.339 e. The molecule has 2 aromatic carbocycles. The molecule has 0 spiro atoms. The molecule has 0 radical (unpaired) electrons. The topological polar surface area (TPSA) is 168 Å². The molecule has 316 valence electrons. The number of rotatable bonds is 7. The van der Waals surface area contributed by atoms with Crippen LogP contribution < -0.4 is 10.00 Å². The zero-order valence-electron chi connectivity index (χ0n) is 35.9. The Bertz CT molecular complexity index is 3170. The molecule has 0 saturated carbocycles. The normalized spacial score (nSPS) is 15.7. The van der Waals surface area contributed by atoms with Gasteiger partial charge in [-0.3, -0.25) is 29.3 Å². The van der Waals surface area contributed by atoms with Gasteiger partial charge in [0, 0.05) is 73.5 Å². The predicted molar refractivity (Wildman–Crippen MR) is 240 cm³/mol. The quantitative estimate of drug-likeness (QED) is 0.169. The molecule has 2 amide bonds. The molecule has 2 aliphatic rings. The summed E-state index contributed by atoms with van der Waals surface area (Å²) >= 11 is 0. The van der Waals surface area contributed by atoms with Crippen molar-refractivity contribution in [3.63, 3.8) is 0 Å². The van der Waals surface area contributed by atoms with E-state index in [9.17, 15) is 14.4 Å². The third kappa shape index (κ3) is 7.42. The van der Waals surface area contributed by atoms with Gasteiger partial charge in [-0.2, -0.15) is 0 Å². The Hall–Kier alpha value is -7.09. The Morgan fingerprint density at radius 2 is 1.37 bits per heavy atom. The van der Waals surface area contributed by atoms with E-state index in [4.69, 9.17) is 15.0 Å². The molecular weight excluding hydrogens is 791 g/mol. The van der Waals surface area contributed by atoms with Gasteiger partial charge in [0.05, 0.1) is 40.0 Å². The highest BCUT2D eigenvalue weighted by molar-refractivity contribution is 5.98. The summed E-state index contributed by atoms with van der Waals surface area (Å²) in [4.78, 5) is 80.6. The van der Waals surface area contributed by atoms with Crippen molar-refractivity contribution in [2.45, 2.75) is 77.7 Å². The van der Waals surface area contributed by atoms with Gasteiger partial charge in [-0.25, -0.2) is 29.5 Å². The van der Waals surface area contributed by atoms with E-state index < -0.39 is 0 Å². The van der Waals surface area contributed by atoms with Gasteiger partial charge in [0.2, 0.25) is 5.43 Å². The molecule has 1 N–H and O–H groups in total. The molecule has 14 nitrogen and oxygen atoms in total.